The molecule has 1 aliphatic heterocycles. The summed E-state index contributed by atoms with van der Waals surface area (Å²) in [7, 11) is -2.54. The van der Waals surface area contributed by atoms with Gasteiger partial charge in [-0.25, -0.2) is 12.8 Å². The van der Waals surface area contributed by atoms with Gasteiger partial charge in [0.25, 0.3) is 0 Å². The molecule has 1 aliphatic rings. The summed E-state index contributed by atoms with van der Waals surface area (Å²) in [5, 5.41) is -0.0579. The molecule has 0 radical (unpaired) electrons. The number of para-hydroxylation sites is 1. The molecule has 0 saturated heterocycles. The summed E-state index contributed by atoms with van der Waals surface area (Å²) in [4.78, 5) is 12.1. The van der Waals surface area contributed by atoms with Crippen LogP contribution in [0.15, 0.2) is 66.7 Å². The van der Waals surface area contributed by atoms with Gasteiger partial charge in [-0.2, -0.15) is 0 Å². The minimum absolute atomic E-state index is 0.0579. The van der Waals surface area contributed by atoms with Crippen molar-refractivity contribution in [3.63, 3.8) is 0 Å². The van der Waals surface area contributed by atoms with Gasteiger partial charge in [-0.15, -0.1) is 0 Å². The maximum absolute atomic E-state index is 13.8. The van der Waals surface area contributed by atoms with Gasteiger partial charge in [0.15, 0.2) is 0 Å². The van der Waals surface area contributed by atoms with E-state index in [1.807, 2.05) is 18.2 Å². The summed E-state index contributed by atoms with van der Waals surface area (Å²) in [6.45, 7) is 0. The SMILES string of the molecule is O=CC1C(c2ccc(F)c(Cl)c2)=C(c2ccc(C[SH](=O)=O)cc2)Oc2ccccc21. The number of benzene rings is 3. The molecule has 0 saturated carbocycles. The maximum Gasteiger partial charge on any atom is 0.144 e. The van der Waals surface area contributed by atoms with Gasteiger partial charge in [0.1, 0.15) is 34.3 Å². The summed E-state index contributed by atoms with van der Waals surface area (Å²) >= 11 is 6.00. The number of fused-ring (bicyclic) bond motifs is 1. The Morgan fingerprint density at radius 2 is 1.70 bits per heavy atom. The van der Waals surface area contributed by atoms with Crippen LogP contribution in [-0.4, -0.2) is 14.7 Å². The third-order valence-corrected chi connectivity index (χ3v) is 5.83. The minimum atomic E-state index is -2.54. The predicted octanol–water partition coefficient (Wildman–Crippen LogP) is 4.83. The minimum Gasteiger partial charge on any atom is -0.456 e. The summed E-state index contributed by atoms with van der Waals surface area (Å²) < 4.78 is 41.9. The van der Waals surface area contributed by atoms with Gasteiger partial charge < -0.3 is 9.53 Å². The van der Waals surface area contributed by atoms with Gasteiger partial charge in [-0.3, -0.25) is 0 Å². The number of thiol groups is 1. The molecule has 0 aromatic heterocycles. The highest BCUT2D eigenvalue weighted by Crippen LogP contribution is 2.46. The van der Waals surface area contributed by atoms with Gasteiger partial charge in [0, 0.05) is 16.7 Å². The molecule has 4 nitrogen and oxygen atoms in total. The van der Waals surface area contributed by atoms with Crippen LogP contribution >= 0.6 is 11.6 Å². The second kappa shape index (κ2) is 8.42. The van der Waals surface area contributed by atoms with Crippen LogP contribution in [0.25, 0.3) is 11.3 Å². The highest BCUT2D eigenvalue weighted by molar-refractivity contribution is 7.71. The molecular formula is C23H16ClFO4S. The van der Waals surface area contributed by atoms with Gasteiger partial charge in [0.05, 0.1) is 16.7 Å². The van der Waals surface area contributed by atoms with Crippen molar-refractivity contribution in [2.45, 2.75) is 11.7 Å². The molecule has 30 heavy (non-hydrogen) atoms. The molecule has 0 bridgehead atoms. The van der Waals surface area contributed by atoms with Crippen LogP contribution < -0.4 is 4.74 Å². The standard InChI is InChI=1S/C23H16ClFO4S/c24-19-11-16(9-10-20(19)25)22-18(12-26)17-3-1-2-4-21(17)29-23(22)15-7-5-14(6-8-15)13-30(27)28/h1-12,18,30H,13H2. The zero-order chi connectivity index (χ0) is 21.3. The molecule has 1 unspecified atom stereocenters. The van der Waals surface area contributed by atoms with Crippen LogP contribution in [0.1, 0.15) is 28.2 Å². The number of allylic oxidation sites excluding steroid dienone is 1. The summed E-state index contributed by atoms with van der Waals surface area (Å²) in [5.41, 5.74) is 3.14. The summed E-state index contributed by atoms with van der Waals surface area (Å²) in [6, 6.07) is 18.4. The third-order valence-electron chi connectivity index (χ3n) is 4.92. The largest absolute Gasteiger partial charge is 0.456 e. The lowest BCUT2D eigenvalue weighted by Gasteiger charge is -2.28. The van der Waals surface area contributed by atoms with Crippen LogP contribution in [0.2, 0.25) is 5.02 Å². The van der Waals surface area contributed by atoms with Crippen molar-refractivity contribution in [1.29, 1.82) is 0 Å². The number of aldehydes is 1. The highest BCUT2D eigenvalue weighted by Gasteiger charge is 2.31. The van der Waals surface area contributed by atoms with E-state index in [0.717, 1.165) is 6.29 Å². The zero-order valence-corrected chi connectivity index (χ0v) is 17.2. The van der Waals surface area contributed by atoms with Crippen LogP contribution in [0.4, 0.5) is 4.39 Å². The average Bonchev–Trinajstić information content (AvgIpc) is 2.74. The van der Waals surface area contributed by atoms with Gasteiger partial charge in [-0.1, -0.05) is 60.1 Å². The molecule has 3 aromatic carbocycles. The molecule has 0 fully saturated rings. The highest BCUT2D eigenvalue weighted by atomic mass is 35.5. The number of halogens is 2. The number of hydrogen-bond donors (Lipinski definition) is 1. The second-order valence-corrected chi connectivity index (χ2v) is 8.20. The van der Waals surface area contributed by atoms with Gasteiger partial charge in [-0.05, 0) is 29.3 Å². The molecular weight excluding hydrogens is 427 g/mol. The number of ether oxygens (including phenoxy) is 1. The Labute approximate surface area is 179 Å². The topological polar surface area (TPSA) is 60.4 Å². The van der Waals surface area contributed by atoms with Gasteiger partial charge in [0.2, 0.25) is 0 Å². The Kier molecular flexibility index (Phi) is 5.70. The molecule has 0 amide bonds. The molecule has 0 N–H and O–H groups in total. The molecule has 0 aliphatic carbocycles. The van der Waals surface area contributed by atoms with Crippen molar-refractivity contribution >= 4 is 39.9 Å². The Balaban J connectivity index is 1.92. The van der Waals surface area contributed by atoms with E-state index in [4.69, 9.17) is 16.3 Å². The van der Waals surface area contributed by atoms with Crippen molar-refractivity contribution in [2.24, 2.45) is 0 Å². The maximum atomic E-state index is 13.8. The van der Waals surface area contributed by atoms with Crippen molar-refractivity contribution in [1.82, 2.24) is 0 Å². The van der Waals surface area contributed by atoms with E-state index >= 15 is 0 Å². The van der Waals surface area contributed by atoms with Crippen molar-refractivity contribution in [3.05, 3.63) is 99.8 Å². The molecule has 1 atom stereocenters. The third kappa shape index (κ3) is 3.88. The Bertz CT molecular complexity index is 1220. The monoisotopic (exact) mass is 442 g/mol. The fourth-order valence-electron chi connectivity index (χ4n) is 3.53. The number of rotatable bonds is 5. The number of carbonyl (C=O) groups excluding carboxylic acids is 1. The second-order valence-electron chi connectivity index (χ2n) is 6.81. The van der Waals surface area contributed by atoms with E-state index in [1.54, 1.807) is 36.4 Å². The summed E-state index contributed by atoms with van der Waals surface area (Å²) in [6.07, 6.45) is 0.824. The average molecular weight is 443 g/mol. The lowest BCUT2D eigenvalue weighted by Crippen LogP contribution is -2.16. The van der Waals surface area contributed by atoms with E-state index in [-0.39, 0.29) is 10.8 Å². The molecule has 4 rings (SSSR count). The van der Waals surface area contributed by atoms with E-state index in [1.165, 1.54) is 12.1 Å². The first kappa shape index (κ1) is 20.3. The smallest absolute Gasteiger partial charge is 0.144 e. The van der Waals surface area contributed by atoms with Crippen LogP contribution in [0.5, 0.6) is 5.75 Å². The van der Waals surface area contributed by atoms with Crippen molar-refractivity contribution in [2.75, 3.05) is 0 Å². The van der Waals surface area contributed by atoms with Crippen LogP contribution in [0, 0.1) is 5.82 Å². The molecule has 7 heteroatoms. The predicted molar refractivity (Wildman–Crippen MR) is 115 cm³/mol. The Hall–Kier alpha value is -2.96. The normalized spacial score (nSPS) is 15.6. The van der Waals surface area contributed by atoms with Crippen molar-refractivity contribution < 1.29 is 22.3 Å². The fourth-order valence-corrected chi connectivity index (χ4v) is 4.22. The Morgan fingerprint density at radius 3 is 2.37 bits per heavy atom. The molecule has 152 valence electrons. The molecule has 0 spiro atoms. The van der Waals surface area contributed by atoms with E-state index < -0.39 is 22.4 Å². The number of hydrogen-bond acceptors (Lipinski definition) is 4. The van der Waals surface area contributed by atoms with Crippen LogP contribution in [-0.2, 0) is 21.3 Å². The summed E-state index contributed by atoms with van der Waals surface area (Å²) in [5.74, 6) is -0.268. The first-order valence-electron chi connectivity index (χ1n) is 9.10. The lowest BCUT2D eigenvalue weighted by atomic mass is 9.83. The molecule has 3 aromatic rings. The number of carbonyl (C=O) groups is 1. The lowest BCUT2D eigenvalue weighted by molar-refractivity contribution is -0.108. The van der Waals surface area contributed by atoms with E-state index in [9.17, 15) is 17.6 Å². The van der Waals surface area contributed by atoms with E-state index in [2.05, 4.69) is 0 Å². The van der Waals surface area contributed by atoms with Crippen LogP contribution in [0.3, 0.4) is 0 Å². The first-order chi connectivity index (χ1) is 14.5. The first-order valence-corrected chi connectivity index (χ1v) is 10.8. The molecule has 1 heterocycles. The zero-order valence-electron chi connectivity index (χ0n) is 15.5. The Morgan fingerprint density at radius 1 is 1.00 bits per heavy atom. The fraction of sp³-hybridized carbons (Fsp3) is 0.0870. The van der Waals surface area contributed by atoms with Gasteiger partial charge >= 0.3 is 0 Å². The quantitative estimate of drug-likeness (QED) is 0.454. The van der Waals surface area contributed by atoms with E-state index in [0.29, 0.717) is 39.3 Å². The van der Waals surface area contributed by atoms with Crippen molar-refractivity contribution in [3.8, 4) is 5.75 Å².